The topological polar surface area (TPSA) is 69.6 Å². The van der Waals surface area contributed by atoms with Gasteiger partial charge in [0, 0.05) is 19.3 Å². The second-order valence-corrected chi connectivity index (χ2v) is 5.12. The lowest BCUT2D eigenvalue weighted by atomic mass is 10.2. The Balaban J connectivity index is 2.73. The van der Waals surface area contributed by atoms with Gasteiger partial charge in [0.05, 0.1) is 16.0 Å². The van der Waals surface area contributed by atoms with Crippen molar-refractivity contribution in [2.45, 2.75) is 6.92 Å². The number of halogens is 3. The molecule has 1 rings (SSSR count). The number of urea groups is 1. The largest absolute Gasteiger partial charge is 0.481 e. The fourth-order valence-corrected chi connectivity index (χ4v) is 1.91. The van der Waals surface area contributed by atoms with Crippen molar-refractivity contribution >= 4 is 40.9 Å². The molecule has 1 aromatic carbocycles. The van der Waals surface area contributed by atoms with E-state index in [1.54, 1.807) is 0 Å². The summed E-state index contributed by atoms with van der Waals surface area (Å²) in [6.07, 6.45) is 0. The normalized spacial score (nSPS) is 11.8. The van der Waals surface area contributed by atoms with Crippen LogP contribution < -0.4 is 5.32 Å². The number of carbonyl (C=O) groups excluding carboxylic acids is 1. The first kappa shape index (κ1) is 16.5. The molecule has 0 spiro atoms. The predicted molar refractivity (Wildman–Crippen MR) is 74.9 cm³/mol. The van der Waals surface area contributed by atoms with Crippen molar-refractivity contribution in [2.24, 2.45) is 5.92 Å². The number of nitrogens with one attached hydrogen (secondary N) is 1. The number of aliphatic carboxylic acids is 1. The van der Waals surface area contributed by atoms with Gasteiger partial charge in [-0.3, -0.25) is 4.79 Å². The van der Waals surface area contributed by atoms with Crippen molar-refractivity contribution in [1.29, 1.82) is 0 Å². The molecule has 0 aromatic heterocycles. The standard InChI is InChI=1S/C12H13Cl2FN2O3/c1-6(11(18)19)5-17(2)12(20)16-7-3-8(13)10(15)9(14)4-7/h3-4,6H,5H2,1-2H3,(H,16,20)(H,18,19). The molecule has 1 unspecified atom stereocenters. The number of hydrogen-bond donors (Lipinski definition) is 2. The molecule has 1 atom stereocenters. The van der Waals surface area contributed by atoms with Crippen molar-refractivity contribution < 1.29 is 19.1 Å². The fraction of sp³-hybridized carbons (Fsp3) is 0.333. The zero-order valence-corrected chi connectivity index (χ0v) is 12.3. The molecule has 2 N–H and O–H groups in total. The highest BCUT2D eigenvalue weighted by atomic mass is 35.5. The molecule has 0 aliphatic rings. The summed E-state index contributed by atoms with van der Waals surface area (Å²) in [5.41, 5.74) is 0.223. The summed E-state index contributed by atoms with van der Waals surface area (Å²) in [6.45, 7) is 1.52. The molecule has 0 aliphatic heterocycles. The van der Waals surface area contributed by atoms with Crippen molar-refractivity contribution in [3.63, 3.8) is 0 Å². The number of carbonyl (C=O) groups is 2. The molecule has 2 amide bonds. The Kier molecular flexibility index (Phi) is 5.59. The Hall–Kier alpha value is -1.53. The van der Waals surface area contributed by atoms with E-state index in [9.17, 15) is 14.0 Å². The highest BCUT2D eigenvalue weighted by Crippen LogP contribution is 2.27. The zero-order valence-electron chi connectivity index (χ0n) is 10.8. The van der Waals surface area contributed by atoms with E-state index in [0.717, 1.165) is 0 Å². The minimum Gasteiger partial charge on any atom is -0.481 e. The minimum absolute atomic E-state index is 0.0316. The number of hydrogen-bond acceptors (Lipinski definition) is 2. The first-order valence-electron chi connectivity index (χ1n) is 5.61. The molecule has 1 aromatic rings. The summed E-state index contributed by atoms with van der Waals surface area (Å²) in [6, 6.07) is 1.89. The SMILES string of the molecule is CC(CN(C)C(=O)Nc1cc(Cl)c(F)c(Cl)c1)C(=O)O. The third-order valence-corrected chi connectivity index (χ3v) is 3.10. The molecule has 0 radical (unpaired) electrons. The lowest BCUT2D eigenvalue weighted by Gasteiger charge is -2.20. The van der Waals surface area contributed by atoms with E-state index < -0.39 is 23.7 Å². The van der Waals surface area contributed by atoms with E-state index in [-0.39, 0.29) is 22.3 Å². The van der Waals surface area contributed by atoms with Crippen LogP contribution in [0.25, 0.3) is 0 Å². The van der Waals surface area contributed by atoms with E-state index in [2.05, 4.69) is 5.32 Å². The summed E-state index contributed by atoms with van der Waals surface area (Å²) >= 11 is 11.2. The van der Waals surface area contributed by atoms with E-state index >= 15 is 0 Å². The Morgan fingerprint density at radius 2 is 1.90 bits per heavy atom. The van der Waals surface area contributed by atoms with Crippen LogP contribution in [0.5, 0.6) is 0 Å². The third kappa shape index (κ3) is 4.25. The first-order chi connectivity index (χ1) is 9.22. The summed E-state index contributed by atoms with van der Waals surface area (Å²) in [5.74, 6) is -2.47. The van der Waals surface area contributed by atoms with Crippen LogP contribution in [0.15, 0.2) is 12.1 Å². The van der Waals surface area contributed by atoms with Gasteiger partial charge in [-0.25, -0.2) is 9.18 Å². The second-order valence-electron chi connectivity index (χ2n) is 4.30. The zero-order chi connectivity index (χ0) is 15.4. The van der Waals surface area contributed by atoms with Crippen LogP contribution in [0.1, 0.15) is 6.92 Å². The second kappa shape index (κ2) is 6.76. The molecule has 110 valence electrons. The van der Waals surface area contributed by atoms with Crippen molar-refractivity contribution in [2.75, 3.05) is 18.9 Å². The van der Waals surface area contributed by atoms with Crippen LogP contribution in [0.4, 0.5) is 14.9 Å². The van der Waals surface area contributed by atoms with Gasteiger partial charge in [0.15, 0.2) is 5.82 Å². The van der Waals surface area contributed by atoms with Gasteiger partial charge in [0.25, 0.3) is 0 Å². The van der Waals surface area contributed by atoms with Crippen LogP contribution in [0, 0.1) is 11.7 Å². The third-order valence-electron chi connectivity index (χ3n) is 2.55. The smallest absolute Gasteiger partial charge is 0.321 e. The number of carboxylic acid groups (broad SMARTS) is 1. The van der Waals surface area contributed by atoms with Crippen molar-refractivity contribution in [3.05, 3.63) is 28.0 Å². The molecule has 0 fully saturated rings. The van der Waals surface area contributed by atoms with Crippen molar-refractivity contribution in [1.82, 2.24) is 4.90 Å². The van der Waals surface area contributed by atoms with Gasteiger partial charge in [0.1, 0.15) is 0 Å². The quantitative estimate of drug-likeness (QED) is 0.835. The Morgan fingerprint density at radius 3 is 2.35 bits per heavy atom. The average molecular weight is 323 g/mol. The molecule has 0 saturated heterocycles. The van der Waals surface area contributed by atoms with E-state index in [1.807, 2.05) is 0 Å². The van der Waals surface area contributed by atoms with Crippen molar-refractivity contribution in [3.8, 4) is 0 Å². The molecule has 0 aliphatic carbocycles. The summed E-state index contributed by atoms with van der Waals surface area (Å²) in [7, 11) is 1.45. The monoisotopic (exact) mass is 322 g/mol. The summed E-state index contributed by atoms with van der Waals surface area (Å²) in [5, 5.41) is 10.8. The minimum atomic E-state index is -1.00. The molecule has 5 nitrogen and oxygen atoms in total. The van der Waals surface area contributed by atoms with E-state index in [1.165, 1.54) is 31.0 Å². The number of benzene rings is 1. The molecule has 0 bridgehead atoms. The number of carboxylic acids is 1. The van der Waals surface area contributed by atoms with Gasteiger partial charge in [-0.1, -0.05) is 30.1 Å². The maximum absolute atomic E-state index is 13.2. The van der Waals surface area contributed by atoms with Gasteiger partial charge in [-0.05, 0) is 12.1 Å². The lowest BCUT2D eigenvalue weighted by Crippen LogP contribution is -2.36. The Bertz CT molecular complexity index is 516. The molecular formula is C12H13Cl2FN2O3. The van der Waals surface area contributed by atoms with Crippen LogP contribution >= 0.6 is 23.2 Å². The fourth-order valence-electron chi connectivity index (χ4n) is 1.42. The summed E-state index contributed by atoms with van der Waals surface area (Å²) in [4.78, 5) is 23.7. The van der Waals surface area contributed by atoms with Crippen LogP contribution in [-0.2, 0) is 4.79 Å². The molecule has 20 heavy (non-hydrogen) atoms. The maximum atomic E-state index is 13.2. The number of rotatable bonds is 4. The Morgan fingerprint density at radius 1 is 1.40 bits per heavy atom. The number of anilines is 1. The molecule has 0 saturated carbocycles. The van der Waals surface area contributed by atoms with Crippen LogP contribution in [0.3, 0.4) is 0 Å². The van der Waals surface area contributed by atoms with E-state index in [0.29, 0.717) is 0 Å². The van der Waals surface area contributed by atoms with Gasteiger partial charge in [-0.15, -0.1) is 0 Å². The summed E-state index contributed by atoms with van der Waals surface area (Å²) < 4.78 is 13.2. The molecular weight excluding hydrogens is 310 g/mol. The predicted octanol–water partition coefficient (Wildman–Crippen LogP) is 3.32. The van der Waals surface area contributed by atoms with Gasteiger partial charge in [0.2, 0.25) is 0 Å². The molecule has 0 heterocycles. The number of amides is 2. The Labute approximate surface area is 125 Å². The molecule has 8 heteroatoms. The lowest BCUT2D eigenvalue weighted by molar-refractivity contribution is -0.141. The van der Waals surface area contributed by atoms with Gasteiger partial charge < -0.3 is 15.3 Å². The van der Waals surface area contributed by atoms with E-state index in [4.69, 9.17) is 28.3 Å². The highest BCUT2D eigenvalue weighted by Gasteiger charge is 2.18. The maximum Gasteiger partial charge on any atom is 0.321 e. The number of nitrogens with zero attached hydrogens (tertiary/aromatic N) is 1. The van der Waals surface area contributed by atoms with Crippen LogP contribution in [-0.4, -0.2) is 35.6 Å². The van der Waals surface area contributed by atoms with Gasteiger partial charge in [-0.2, -0.15) is 0 Å². The first-order valence-corrected chi connectivity index (χ1v) is 6.37. The average Bonchev–Trinajstić information content (AvgIpc) is 2.35. The van der Waals surface area contributed by atoms with Gasteiger partial charge >= 0.3 is 12.0 Å². The highest BCUT2D eigenvalue weighted by molar-refractivity contribution is 6.35. The van der Waals surface area contributed by atoms with Crippen LogP contribution in [0.2, 0.25) is 10.0 Å².